The number of para-hydroxylation sites is 1. The molecule has 1 fully saturated rings. The first-order chi connectivity index (χ1) is 15.9. The number of hydrogen-bond acceptors (Lipinski definition) is 7. The molecular formula is C24H28N2O6S. The van der Waals surface area contributed by atoms with Crippen LogP contribution in [0.3, 0.4) is 0 Å². The van der Waals surface area contributed by atoms with Gasteiger partial charge in [-0.05, 0) is 31.5 Å². The normalized spacial score (nSPS) is 18.6. The van der Waals surface area contributed by atoms with E-state index in [0.717, 1.165) is 5.56 Å². The number of phenols is 1. The summed E-state index contributed by atoms with van der Waals surface area (Å²) in [5, 5.41) is 22.3. The van der Waals surface area contributed by atoms with Crippen LogP contribution in [0.1, 0.15) is 35.8 Å². The van der Waals surface area contributed by atoms with E-state index in [0.29, 0.717) is 18.5 Å². The van der Waals surface area contributed by atoms with E-state index >= 15 is 0 Å². The Morgan fingerprint density at radius 2 is 1.85 bits per heavy atom. The van der Waals surface area contributed by atoms with Gasteiger partial charge in [0.05, 0.1) is 19.1 Å². The van der Waals surface area contributed by atoms with Crippen molar-refractivity contribution < 1.29 is 29.3 Å². The molecule has 8 nitrogen and oxygen atoms in total. The minimum absolute atomic E-state index is 0.0203. The predicted molar refractivity (Wildman–Crippen MR) is 125 cm³/mol. The number of esters is 1. The maximum absolute atomic E-state index is 13.0. The van der Waals surface area contributed by atoms with Crippen LogP contribution >= 0.6 is 11.8 Å². The molecule has 0 aromatic heterocycles. The van der Waals surface area contributed by atoms with E-state index in [-0.39, 0.29) is 36.5 Å². The van der Waals surface area contributed by atoms with E-state index in [4.69, 9.17) is 4.74 Å². The van der Waals surface area contributed by atoms with Crippen molar-refractivity contribution in [2.75, 3.05) is 25.4 Å². The Morgan fingerprint density at radius 1 is 1.15 bits per heavy atom. The number of aromatic hydroxyl groups is 1. The number of carbonyl (C=O) groups is 3. The van der Waals surface area contributed by atoms with Gasteiger partial charge in [-0.2, -0.15) is 0 Å². The molecule has 3 rings (SSSR count). The van der Waals surface area contributed by atoms with E-state index in [2.05, 4.69) is 5.32 Å². The van der Waals surface area contributed by atoms with Crippen LogP contribution in [0.5, 0.6) is 5.75 Å². The maximum Gasteiger partial charge on any atom is 0.327 e. The topological polar surface area (TPSA) is 116 Å². The molecule has 33 heavy (non-hydrogen) atoms. The number of carboxylic acid groups (broad SMARTS) is 1. The lowest BCUT2D eigenvalue weighted by Crippen LogP contribution is -2.46. The van der Waals surface area contributed by atoms with Crippen molar-refractivity contribution >= 4 is 29.6 Å². The molecule has 1 aliphatic heterocycles. The van der Waals surface area contributed by atoms with E-state index in [1.807, 2.05) is 30.3 Å². The second-order valence-corrected chi connectivity index (χ2v) is 8.69. The fourth-order valence-corrected chi connectivity index (χ4v) is 5.29. The number of carbonyl (C=O) groups excluding carboxylic acids is 2. The van der Waals surface area contributed by atoms with Crippen LogP contribution in [-0.4, -0.2) is 64.4 Å². The first-order valence-electron chi connectivity index (χ1n) is 10.8. The van der Waals surface area contributed by atoms with Gasteiger partial charge in [-0.3, -0.25) is 9.59 Å². The summed E-state index contributed by atoms with van der Waals surface area (Å²) in [5.74, 6) is -1.99. The molecule has 3 atom stereocenters. The highest BCUT2D eigenvalue weighted by Gasteiger charge is 2.42. The van der Waals surface area contributed by atoms with Gasteiger partial charge in [-0.15, -0.1) is 11.8 Å². The Bertz CT molecular complexity index is 970. The number of nitrogens with one attached hydrogen (secondary N) is 1. The molecule has 1 heterocycles. The quantitative estimate of drug-likeness (QED) is 0.357. The van der Waals surface area contributed by atoms with Gasteiger partial charge in [-0.1, -0.05) is 48.5 Å². The molecule has 0 bridgehead atoms. The summed E-state index contributed by atoms with van der Waals surface area (Å²) in [4.78, 5) is 38.5. The Labute approximate surface area is 196 Å². The first-order valence-corrected chi connectivity index (χ1v) is 11.8. The van der Waals surface area contributed by atoms with Crippen molar-refractivity contribution in [1.82, 2.24) is 10.2 Å². The van der Waals surface area contributed by atoms with Gasteiger partial charge < -0.3 is 25.2 Å². The smallest absolute Gasteiger partial charge is 0.327 e. The van der Waals surface area contributed by atoms with Gasteiger partial charge in [0.2, 0.25) is 5.91 Å². The molecule has 1 saturated heterocycles. The van der Waals surface area contributed by atoms with E-state index in [1.54, 1.807) is 25.1 Å². The zero-order chi connectivity index (χ0) is 23.8. The minimum Gasteiger partial charge on any atom is -0.508 e. The number of thioether (sulfide) groups is 1. The van der Waals surface area contributed by atoms with Crippen molar-refractivity contribution in [3.05, 3.63) is 65.7 Å². The minimum atomic E-state index is -1.08. The number of carboxylic acids is 1. The van der Waals surface area contributed by atoms with Crippen LogP contribution in [0.4, 0.5) is 0 Å². The Hall–Kier alpha value is -3.04. The van der Waals surface area contributed by atoms with Crippen LogP contribution in [-0.2, 0) is 19.1 Å². The average Bonchev–Trinajstić information content (AvgIpc) is 3.25. The lowest BCUT2D eigenvalue weighted by molar-refractivity contribution is -0.148. The molecule has 9 heteroatoms. The molecule has 176 valence electrons. The average molecular weight is 473 g/mol. The van der Waals surface area contributed by atoms with E-state index in [9.17, 15) is 24.6 Å². The highest BCUT2D eigenvalue weighted by Crippen LogP contribution is 2.44. The van der Waals surface area contributed by atoms with Crippen LogP contribution < -0.4 is 5.32 Å². The molecule has 3 unspecified atom stereocenters. The van der Waals surface area contributed by atoms with Crippen molar-refractivity contribution in [3.63, 3.8) is 0 Å². The number of phenolic OH excluding ortho intramolecular Hbond substituents is 1. The lowest BCUT2D eigenvalue weighted by Gasteiger charge is -2.28. The number of ether oxygens (including phenoxy) is 1. The van der Waals surface area contributed by atoms with E-state index < -0.39 is 23.3 Å². The summed E-state index contributed by atoms with van der Waals surface area (Å²) in [5.41, 5.74) is 1.34. The molecule has 3 N–H and O–H groups in total. The maximum atomic E-state index is 13.0. The SMILES string of the molecule is CCOC(=O)C(CCNCC(=O)N1C(C(=O)O)CSC1c1ccccc1O)c1ccccc1. The van der Waals surface area contributed by atoms with Crippen molar-refractivity contribution in [2.24, 2.45) is 0 Å². The van der Waals surface area contributed by atoms with Crippen LogP contribution in [0.2, 0.25) is 0 Å². The number of amides is 1. The third kappa shape index (κ3) is 6.06. The molecule has 2 aromatic rings. The van der Waals surface area contributed by atoms with Gasteiger partial charge in [0.15, 0.2) is 0 Å². The summed E-state index contributed by atoms with van der Waals surface area (Å²) in [7, 11) is 0. The predicted octanol–water partition coefficient (Wildman–Crippen LogP) is 2.75. The first kappa shape index (κ1) is 24.6. The molecule has 1 amide bonds. The number of nitrogens with zero attached hydrogens (tertiary/aromatic N) is 1. The monoisotopic (exact) mass is 472 g/mol. The van der Waals surface area contributed by atoms with E-state index in [1.165, 1.54) is 22.7 Å². The molecular weight excluding hydrogens is 444 g/mol. The Kier molecular flexibility index (Phi) is 8.73. The molecule has 0 radical (unpaired) electrons. The molecule has 0 aliphatic carbocycles. The zero-order valence-corrected chi connectivity index (χ0v) is 19.2. The fourth-order valence-electron chi connectivity index (χ4n) is 3.82. The molecule has 0 saturated carbocycles. The Balaban J connectivity index is 1.64. The van der Waals surface area contributed by atoms with Crippen LogP contribution in [0, 0.1) is 0 Å². The second kappa shape index (κ2) is 11.7. The summed E-state index contributed by atoms with van der Waals surface area (Å²) in [6.07, 6.45) is 0.427. The zero-order valence-electron chi connectivity index (χ0n) is 18.3. The fraction of sp³-hybridized carbons (Fsp3) is 0.375. The standard InChI is InChI=1S/C24H28N2O6S/c1-2-32-24(31)17(16-8-4-3-5-9-16)12-13-25-14-21(28)26-19(23(29)30)15-33-22(26)18-10-6-7-11-20(18)27/h3-11,17,19,22,25,27H,2,12-15H2,1H3,(H,29,30). The summed E-state index contributed by atoms with van der Waals surface area (Å²) < 4.78 is 5.20. The summed E-state index contributed by atoms with van der Waals surface area (Å²) in [6, 6.07) is 15.0. The van der Waals surface area contributed by atoms with Gasteiger partial charge in [0.25, 0.3) is 0 Å². The number of benzene rings is 2. The summed E-state index contributed by atoms with van der Waals surface area (Å²) >= 11 is 1.31. The molecule has 1 aliphatic rings. The van der Waals surface area contributed by atoms with Crippen molar-refractivity contribution in [1.29, 1.82) is 0 Å². The number of hydrogen-bond donors (Lipinski definition) is 3. The summed E-state index contributed by atoms with van der Waals surface area (Å²) in [6.45, 7) is 2.32. The largest absolute Gasteiger partial charge is 0.508 e. The van der Waals surface area contributed by atoms with Gasteiger partial charge in [-0.25, -0.2) is 4.79 Å². The lowest BCUT2D eigenvalue weighted by atomic mass is 9.96. The molecule has 0 spiro atoms. The Morgan fingerprint density at radius 3 is 2.52 bits per heavy atom. The highest BCUT2D eigenvalue weighted by atomic mass is 32.2. The van der Waals surface area contributed by atoms with Crippen LogP contribution in [0.25, 0.3) is 0 Å². The van der Waals surface area contributed by atoms with Crippen molar-refractivity contribution in [2.45, 2.75) is 30.7 Å². The highest BCUT2D eigenvalue weighted by molar-refractivity contribution is 7.99. The van der Waals surface area contributed by atoms with Gasteiger partial charge in [0.1, 0.15) is 17.2 Å². The van der Waals surface area contributed by atoms with Gasteiger partial charge >= 0.3 is 11.9 Å². The third-order valence-electron chi connectivity index (χ3n) is 5.44. The number of rotatable bonds is 10. The second-order valence-electron chi connectivity index (χ2n) is 7.58. The van der Waals surface area contributed by atoms with Crippen LogP contribution in [0.15, 0.2) is 54.6 Å². The third-order valence-corrected chi connectivity index (χ3v) is 6.74. The number of aliphatic carboxylic acids is 1. The van der Waals surface area contributed by atoms with Gasteiger partial charge in [0, 0.05) is 11.3 Å². The van der Waals surface area contributed by atoms with Crippen molar-refractivity contribution in [3.8, 4) is 5.75 Å². The molecule has 2 aromatic carbocycles.